The number of thiophene rings is 1. The summed E-state index contributed by atoms with van der Waals surface area (Å²) in [7, 11) is 0. The van der Waals surface area contributed by atoms with Crippen LogP contribution in [0.4, 0.5) is 0 Å². The van der Waals surface area contributed by atoms with Gasteiger partial charge in [0.2, 0.25) is 0 Å². The Hall–Kier alpha value is -1.62. The quantitative estimate of drug-likeness (QED) is 0.615. The summed E-state index contributed by atoms with van der Waals surface area (Å²) < 4.78 is 6.29. The minimum absolute atomic E-state index is 0.407. The molecule has 0 amide bonds. The molecule has 0 fully saturated rings. The molecule has 2 heterocycles. The van der Waals surface area contributed by atoms with Gasteiger partial charge in [0.25, 0.3) is 5.89 Å². The highest BCUT2D eigenvalue weighted by Crippen LogP contribution is 2.31. The number of nitrogens with zero attached hydrogens (tertiary/aromatic N) is 3. The Morgan fingerprint density at radius 3 is 3.00 bits per heavy atom. The van der Waals surface area contributed by atoms with Crippen LogP contribution >= 0.6 is 39.0 Å². The van der Waals surface area contributed by atoms with Crippen molar-refractivity contribution in [2.75, 3.05) is 0 Å². The second kappa shape index (κ2) is 6.43. The van der Waals surface area contributed by atoms with Crippen LogP contribution in [-0.4, -0.2) is 10.1 Å². The van der Waals surface area contributed by atoms with Crippen LogP contribution in [0.1, 0.15) is 11.4 Å². The summed E-state index contributed by atoms with van der Waals surface area (Å²) in [5, 5.41) is 14.8. The molecule has 0 unspecified atom stereocenters. The van der Waals surface area contributed by atoms with E-state index in [0.717, 1.165) is 14.2 Å². The van der Waals surface area contributed by atoms with E-state index in [2.05, 4.69) is 32.1 Å². The third-order valence-electron chi connectivity index (χ3n) is 2.64. The highest BCUT2D eigenvalue weighted by molar-refractivity contribution is 9.10. The molecule has 0 aliphatic rings. The average molecular weight is 378 g/mol. The van der Waals surface area contributed by atoms with E-state index in [1.54, 1.807) is 17.8 Å². The first-order valence-electron chi connectivity index (χ1n) is 5.96. The summed E-state index contributed by atoms with van der Waals surface area (Å²) in [6.45, 7) is 0. The molecule has 3 rings (SSSR count). The molecule has 0 spiro atoms. The molecule has 104 valence electrons. The minimum Gasteiger partial charge on any atom is -0.333 e. The highest BCUT2D eigenvalue weighted by atomic mass is 79.9. The third-order valence-corrected chi connectivity index (χ3v) is 5.57. The zero-order chi connectivity index (χ0) is 14.7. The van der Waals surface area contributed by atoms with Crippen molar-refractivity contribution in [3.63, 3.8) is 0 Å². The van der Waals surface area contributed by atoms with Gasteiger partial charge < -0.3 is 4.52 Å². The summed E-state index contributed by atoms with van der Waals surface area (Å²) in [5.41, 5.74) is 0.564. The standard InChI is InChI=1S/C14H8BrN3OS2/c15-10-3-1-2-4-11(10)21-8-12-17-14(19-18-12)13-9(7-16)5-6-20-13/h1-6H,8H2. The number of thioether (sulfide) groups is 1. The van der Waals surface area contributed by atoms with E-state index in [0.29, 0.717) is 23.0 Å². The SMILES string of the molecule is N#Cc1ccsc1-c1nc(CSc2ccccc2Br)no1. The second-order valence-corrected chi connectivity index (χ2v) is 6.80. The third kappa shape index (κ3) is 3.18. The molecule has 0 aliphatic carbocycles. The van der Waals surface area contributed by atoms with E-state index in [9.17, 15) is 0 Å². The lowest BCUT2D eigenvalue weighted by Gasteiger charge is -2.00. The number of aromatic nitrogens is 2. The molecule has 0 bridgehead atoms. The van der Waals surface area contributed by atoms with Crippen LogP contribution in [0.3, 0.4) is 0 Å². The van der Waals surface area contributed by atoms with Crippen molar-refractivity contribution in [1.82, 2.24) is 10.1 Å². The topological polar surface area (TPSA) is 62.7 Å². The van der Waals surface area contributed by atoms with Crippen LogP contribution in [0.5, 0.6) is 0 Å². The van der Waals surface area contributed by atoms with Crippen LogP contribution in [0.2, 0.25) is 0 Å². The molecule has 0 aliphatic heterocycles. The van der Waals surface area contributed by atoms with Crippen molar-refractivity contribution in [1.29, 1.82) is 5.26 Å². The largest absolute Gasteiger partial charge is 0.333 e. The van der Waals surface area contributed by atoms with Gasteiger partial charge in [0, 0.05) is 9.37 Å². The zero-order valence-corrected chi connectivity index (χ0v) is 13.8. The van der Waals surface area contributed by atoms with Gasteiger partial charge in [-0.25, -0.2) is 0 Å². The summed E-state index contributed by atoms with van der Waals surface area (Å²) in [6.07, 6.45) is 0. The van der Waals surface area contributed by atoms with Crippen molar-refractivity contribution in [3.8, 4) is 16.8 Å². The molecule has 4 nitrogen and oxygen atoms in total. The van der Waals surface area contributed by atoms with Crippen molar-refractivity contribution >= 4 is 39.0 Å². The van der Waals surface area contributed by atoms with Gasteiger partial charge in [-0.2, -0.15) is 10.2 Å². The van der Waals surface area contributed by atoms with Crippen LogP contribution < -0.4 is 0 Å². The molecule has 7 heteroatoms. The molecule has 3 aromatic rings. The Balaban J connectivity index is 1.74. The fourth-order valence-corrected chi connectivity index (χ4v) is 3.85. The predicted octanol–water partition coefficient (Wildman–Crippen LogP) is 4.72. The maximum absolute atomic E-state index is 9.02. The van der Waals surface area contributed by atoms with Crippen LogP contribution in [-0.2, 0) is 5.75 Å². The second-order valence-electron chi connectivity index (χ2n) is 4.01. The van der Waals surface area contributed by atoms with E-state index in [1.165, 1.54) is 11.3 Å². The Morgan fingerprint density at radius 1 is 1.33 bits per heavy atom. The van der Waals surface area contributed by atoms with Crippen molar-refractivity contribution in [2.24, 2.45) is 0 Å². The maximum atomic E-state index is 9.02. The molecule has 2 aromatic heterocycles. The monoisotopic (exact) mass is 377 g/mol. The predicted molar refractivity (Wildman–Crippen MR) is 86.0 cm³/mol. The molecular formula is C14H8BrN3OS2. The fourth-order valence-electron chi connectivity index (χ4n) is 1.67. The van der Waals surface area contributed by atoms with Crippen molar-refractivity contribution in [3.05, 3.63) is 51.6 Å². The van der Waals surface area contributed by atoms with Crippen LogP contribution in [0, 0.1) is 11.3 Å². The maximum Gasteiger partial charge on any atom is 0.269 e. The van der Waals surface area contributed by atoms with Gasteiger partial charge in [-0.05, 0) is 39.5 Å². The molecule has 0 saturated carbocycles. The lowest BCUT2D eigenvalue weighted by Crippen LogP contribution is -1.84. The Morgan fingerprint density at radius 2 is 2.19 bits per heavy atom. The van der Waals surface area contributed by atoms with Gasteiger partial charge in [0.15, 0.2) is 5.82 Å². The summed E-state index contributed by atoms with van der Waals surface area (Å²) >= 11 is 6.56. The molecule has 1 aromatic carbocycles. The van der Waals surface area contributed by atoms with E-state index in [4.69, 9.17) is 9.78 Å². The first-order valence-corrected chi connectivity index (χ1v) is 8.61. The Kier molecular flexibility index (Phi) is 4.39. The van der Waals surface area contributed by atoms with E-state index in [1.807, 2.05) is 29.6 Å². The molecule has 21 heavy (non-hydrogen) atoms. The zero-order valence-electron chi connectivity index (χ0n) is 10.6. The average Bonchev–Trinajstić information content (AvgIpc) is 3.14. The first-order chi connectivity index (χ1) is 10.3. The number of halogens is 1. The van der Waals surface area contributed by atoms with Crippen molar-refractivity contribution in [2.45, 2.75) is 10.6 Å². The van der Waals surface area contributed by atoms with Crippen LogP contribution in [0.15, 0.2) is 49.6 Å². The Labute approximate surface area is 137 Å². The number of hydrogen-bond donors (Lipinski definition) is 0. The fraction of sp³-hybridized carbons (Fsp3) is 0.0714. The first kappa shape index (κ1) is 14.3. The van der Waals surface area contributed by atoms with Gasteiger partial charge in [0.05, 0.1) is 11.3 Å². The number of nitriles is 1. The summed E-state index contributed by atoms with van der Waals surface area (Å²) in [4.78, 5) is 6.20. The smallest absolute Gasteiger partial charge is 0.269 e. The van der Waals surface area contributed by atoms with E-state index in [-0.39, 0.29) is 0 Å². The van der Waals surface area contributed by atoms with Gasteiger partial charge >= 0.3 is 0 Å². The Bertz CT molecular complexity index is 806. The minimum atomic E-state index is 0.407. The number of benzene rings is 1. The van der Waals surface area contributed by atoms with E-state index >= 15 is 0 Å². The van der Waals surface area contributed by atoms with E-state index < -0.39 is 0 Å². The highest BCUT2D eigenvalue weighted by Gasteiger charge is 2.14. The summed E-state index contributed by atoms with van der Waals surface area (Å²) in [5.74, 6) is 1.63. The lowest BCUT2D eigenvalue weighted by molar-refractivity contribution is 0.426. The molecule has 0 atom stereocenters. The van der Waals surface area contributed by atoms with Crippen LogP contribution in [0.25, 0.3) is 10.8 Å². The van der Waals surface area contributed by atoms with Gasteiger partial charge in [-0.15, -0.1) is 23.1 Å². The lowest BCUT2D eigenvalue weighted by atomic mass is 10.3. The summed E-state index contributed by atoms with van der Waals surface area (Å²) in [6, 6.07) is 11.9. The number of rotatable bonds is 4. The molecule has 0 radical (unpaired) electrons. The van der Waals surface area contributed by atoms with Gasteiger partial charge in [-0.3, -0.25) is 0 Å². The van der Waals surface area contributed by atoms with Gasteiger partial charge in [-0.1, -0.05) is 17.3 Å². The van der Waals surface area contributed by atoms with Crippen molar-refractivity contribution < 1.29 is 4.52 Å². The van der Waals surface area contributed by atoms with Gasteiger partial charge in [0.1, 0.15) is 10.9 Å². The number of hydrogen-bond acceptors (Lipinski definition) is 6. The normalized spacial score (nSPS) is 10.5. The molecular weight excluding hydrogens is 370 g/mol. The molecule has 0 saturated heterocycles. The molecule has 0 N–H and O–H groups in total.